The SMILES string of the molecule is Cc1nc(-c2cccc(-c3nn[nH]n3)c2)n(O)c1C(=O)O. The Morgan fingerprint density at radius 1 is 1.33 bits per heavy atom. The molecule has 0 radical (unpaired) electrons. The van der Waals surface area contributed by atoms with Gasteiger partial charge in [-0.1, -0.05) is 18.2 Å². The van der Waals surface area contributed by atoms with Crippen molar-refractivity contribution in [2.45, 2.75) is 6.92 Å². The second kappa shape index (κ2) is 4.71. The quantitative estimate of drug-likeness (QED) is 0.611. The summed E-state index contributed by atoms with van der Waals surface area (Å²) in [5.74, 6) is -0.721. The Balaban J connectivity index is 2.12. The molecule has 3 N–H and O–H groups in total. The van der Waals surface area contributed by atoms with E-state index in [-0.39, 0.29) is 17.2 Å². The number of H-pyrrole nitrogens is 1. The van der Waals surface area contributed by atoms with Gasteiger partial charge in [-0.05, 0) is 18.2 Å². The number of aromatic nitrogens is 6. The molecule has 106 valence electrons. The normalized spacial score (nSPS) is 10.7. The monoisotopic (exact) mass is 286 g/mol. The van der Waals surface area contributed by atoms with Crippen molar-refractivity contribution in [1.29, 1.82) is 0 Å². The van der Waals surface area contributed by atoms with Gasteiger partial charge in [-0.15, -0.1) is 10.2 Å². The molecule has 0 atom stereocenters. The first-order chi connectivity index (χ1) is 10.1. The molecule has 3 aromatic rings. The summed E-state index contributed by atoms with van der Waals surface area (Å²) in [4.78, 5) is 15.2. The minimum atomic E-state index is -1.25. The van der Waals surface area contributed by atoms with Crippen molar-refractivity contribution in [3.05, 3.63) is 35.7 Å². The van der Waals surface area contributed by atoms with Gasteiger partial charge in [-0.2, -0.15) is 9.94 Å². The van der Waals surface area contributed by atoms with Gasteiger partial charge < -0.3 is 10.3 Å². The lowest BCUT2D eigenvalue weighted by Gasteiger charge is -2.03. The van der Waals surface area contributed by atoms with Crippen LogP contribution in [0.2, 0.25) is 0 Å². The van der Waals surface area contributed by atoms with Gasteiger partial charge in [0.1, 0.15) is 0 Å². The zero-order valence-corrected chi connectivity index (χ0v) is 10.8. The summed E-state index contributed by atoms with van der Waals surface area (Å²) >= 11 is 0. The zero-order valence-electron chi connectivity index (χ0n) is 10.8. The standard InChI is InChI=1S/C12H10N6O3/c1-6-9(12(19)20)18(21)11(13-6)8-4-2-3-7(5-8)10-14-16-17-15-10/h2-5,21H,1H3,(H,19,20)(H,14,15,16,17). The molecule has 0 bridgehead atoms. The number of carboxylic acids is 1. The number of aromatic amines is 1. The molecule has 2 aromatic heterocycles. The van der Waals surface area contributed by atoms with Crippen LogP contribution < -0.4 is 0 Å². The Bertz CT molecular complexity index is 809. The third-order valence-corrected chi connectivity index (χ3v) is 2.96. The van der Waals surface area contributed by atoms with Crippen molar-refractivity contribution >= 4 is 5.97 Å². The number of hydrogen-bond acceptors (Lipinski definition) is 6. The molecular formula is C12H10N6O3. The summed E-state index contributed by atoms with van der Waals surface area (Å²) in [6.07, 6.45) is 0. The lowest BCUT2D eigenvalue weighted by Crippen LogP contribution is -2.07. The van der Waals surface area contributed by atoms with Gasteiger partial charge in [0.05, 0.1) is 5.69 Å². The van der Waals surface area contributed by atoms with Crippen LogP contribution in [0.25, 0.3) is 22.8 Å². The molecule has 0 amide bonds. The number of rotatable bonds is 3. The van der Waals surface area contributed by atoms with Crippen molar-refractivity contribution in [2.75, 3.05) is 0 Å². The van der Waals surface area contributed by atoms with Crippen molar-refractivity contribution < 1.29 is 15.1 Å². The van der Waals surface area contributed by atoms with Crippen LogP contribution in [-0.4, -0.2) is 46.6 Å². The van der Waals surface area contributed by atoms with E-state index in [4.69, 9.17) is 5.11 Å². The van der Waals surface area contributed by atoms with Gasteiger partial charge in [0.25, 0.3) is 0 Å². The van der Waals surface area contributed by atoms with Crippen LogP contribution in [-0.2, 0) is 0 Å². The second-order valence-corrected chi connectivity index (χ2v) is 4.30. The number of benzene rings is 1. The minimum Gasteiger partial charge on any atom is -0.476 e. The van der Waals surface area contributed by atoms with Crippen LogP contribution in [0.4, 0.5) is 0 Å². The van der Waals surface area contributed by atoms with Crippen LogP contribution >= 0.6 is 0 Å². The van der Waals surface area contributed by atoms with E-state index in [9.17, 15) is 10.0 Å². The Kier molecular flexibility index (Phi) is 2.87. The number of nitrogens with one attached hydrogen (secondary N) is 1. The van der Waals surface area contributed by atoms with E-state index in [1.54, 1.807) is 24.3 Å². The molecule has 0 aliphatic carbocycles. The largest absolute Gasteiger partial charge is 0.476 e. The Labute approximate surface area is 117 Å². The smallest absolute Gasteiger partial charge is 0.357 e. The average Bonchev–Trinajstić information content (AvgIpc) is 3.07. The number of carboxylic acid groups (broad SMARTS) is 1. The van der Waals surface area contributed by atoms with Gasteiger partial charge in [-0.3, -0.25) is 0 Å². The molecule has 2 heterocycles. The predicted octanol–water partition coefficient (Wildman–Crippen LogP) is 0.974. The molecule has 21 heavy (non-hydrogen) atoms. The number of nitrogens with zero attached hydrogens (tertiary/aromatic N) is 5. The third kappa shape index (κ3) is 2.10. The van der Waals surface area contributed by atoms with E-state index in [1.165, 1.54) is 6.92 Å². The third-order valence-electron chi connectivity index (χ3n) is 2.96. The number of tetrazole rings is 1. The summed E-state index contributed by atoms with van der Waals surface area (Å²) in [6, 6.07) is 6.88. The average molecular weight is 286 g/mol. The minimum absolute atomic E-state index is 0.134. The van der Waals surface area contributed by atoms with Crippen molar-refractivity contribution in [1.82, 2.24) is 30.3 Å². The number of imidazole rings is 1. The maximum Gasteiger partial charge on any atom is 0.357 e. The van der Waals surface area contributed by atoms with Crippen LogP contribution in [0.1, 0.15) is 16.2 Å². The van der Waals surface area contributed by atoms with Crippen LogP contribution in [0.3, 0.4) is 0 Å². The second-order valence-electron chi connectivity index (χ2n) is 4.30. The number of aryl methyl sites for hydroxylation is 1. The Morgan fingerprint density at radius 2 is 2.10 bits per heavy atom. The van der Waals surface area contributed by atoms with E-state index in [0.29, 0.717) is 21.7 Å². The molecule has 9 nitrogen and oxygen atoms in total. The van der Waals surface area contributed by atoms with E-state index in [1.807, 2.05) is 0 Å². The van der Waals surface area contributed by atoms with E-state index in [0.717, 1.165) is 0 Å². The predicted molar refractivity (Wildman–Crippen MR) is 69.7 cm³/mol. The summed E-state index contributed by atoms with van der Waals surface area (Å²) in [5, 5.41) is 32.6. The summed E-state index contributed by atoms with van der Waals surface area (Å²) in [7, 11) is 0. The molecule has 0 fully saturated rings. The summed E-state index contributed by atoms with van der Waals surface area (Å²) < 4.78 is 0.563. The topological polar surface area (TPSA) is 130 Å². The Hall–Kier alpha value is -3.23. The van der Waals surface area contributed by atoms with Gasteiger partial charge in [0, 0.05) is 11.1 Å². The summed E-state index contributed by atoms with van der Waals surface area (Å²) in [6.45, 7) is 1.52. The fraction of sp³-hybridized carbons (Fsp3) is 0.0833. The van der Waals surface area contributed by atoms with Crippen molar-refractivity contribution in [3.63, 3.8) is 0 Å². The molecule has 0 aliphatic rings. The van der Waals surface area contributed by atoms with Gasteiger partial charge in [0.15, 0.2) is 11.5 Å². The molecule has 0 saturated heterocycles. The fourth-order valence-electron chi connectivity index (χ4n) is 2.03. The molecule has 3 rings (SSSR count). The van der Waals surface area contributed by atoms with Gasteiger partial charge in [0.2, 0.25) is 5.82 Å². The maximum atomic E-state index is 11.1. The van der Waals surface area contributed by atoms with E-state index >= 15 is 0 Å². The Morgan fingerprint density at radius 3 is 2.71 bits per heavy atom. The molecule has 0 saturated carbocycles. The highest BCUT2D eigenvalue weighted by Gasteiger charge is 2.21. The highest BCUT2D eigenvalue weighted by atomic mass is 16.5. The van der Waals surface area contributed by atoms with Gasteiger partial charge in [-0.25, -0.2) is 9.78 Å². The highest BCUT2D eigenvalue weighted by Crippen LogP contribution is 2.24. The highest BCUT2D eigenvalue weighted by molar-refractivity contribution is 5.88. The van der Waals surface area contributed by atoms with E-state index < -0.39 is 5.97 Å². The van der Waals surface area contributed by atoms with Gasteiger partial charge >= 0.3 is 5.97 Å². The molecule has 0 unspecified atom stereocenters. The number of aromatic carboxylic acids is 1. The first kappa shape index (κ1) is 12.8. The molecule has 0 aliphatic heterocycles. The molecule has 1 aromatic carbocycles. The van der Waals surface area contributed by atoms with Crippen LogP contribution in [0.15, 0.2) is 24.3 Å². The number of hydrogen-bond donors (Lipinski definition) is 3. The zero-order chi connectivity index (χ0) is 15.0. The molecular weight excluding hydrogens is 276 g/mol. The molecule has 9 heteroatoms. The number of carbonyl (C=O) groups is 1. The summed E-state index contributed by atoms with van der Waals surface area (Å²) in [5.41, 5.74) is 1.16. The first-order valence-corrected chi connectivity index (χ1v) is 5.94. The van der Waals surface area contributed by atoms with Crippen molar-refractivity contribution in [2.24, 2.45) is 0 Å². The first-order valence-electron chi connectivity index (χ1n) is 5.94. The lowest BCUT2D eigenvalue weighted by molar-refractivity contribution is 0.0645. The van der Waals surface area contributed by atoms with Crippen LogP contribution in [0.5, 0.6) is 0 Å². The fourth-order valence-corrected chi connectivity index (χ4v) is 2.03. The lowest BCUT2D eigenvalue weighted by atomic mass is 10.1. The van der Waals surface area contributed by atoms with Crippen molar-refractivity contribution in [3.8, 4) is 22.8 Å². The molecule has 0 spiro atoms. The maximum absolute atomic E-state index is 11.1. The van der Waals surface area contributed by atoms with Crippen LogP contribution in [0, 0.1) is 6.92 Å². The van der Waals surface area contributed by atoms with E-state index in [2.05, 4.69) is 25.6 Å².